The van der Waals surface area contributed by atoms with Crippen molar-refractivity contribution in [2.24, 2.45) is 0 Å². The van der Waals surface area contributed by atoms with Gasteiger partial charge in [0.2, 0.25) is 0 Å². The van der Waals surface area contributed by atoms with Crippen LogP contribution in [-0.2, 0) is 28.2 Å². The molecule has 0 rings (SSSR count). The SMILES string of the molecule is CC/C=C\C/C=C\C/C=C\C/C=C\CCCCCCC(=O)OC(COC(=O)CCCCCCCCCCCCCCCCCCCC)COP(=O)(O)O. The van der Waals surface area contributed by atoms with E-state index in [9.17, 15) is 14.2 Å². The maximum atomic E-state index is 12.4. The minimum atomic E-state index is -4.76. The van der Waals surface area contributed by atoms with E-state index in [1.165, 1.54) is 96.3 Å². The van der Waals surface area contributed by atoms with E-state index in [4.69, 9.17) is 19.3 Å². The number of carbonyl (C=O) groups is 2. The maximum absolute atomic E-state index is 12.4. The molecule has 0 fully saturated rings. The third-order valence-electron chi connectivity index (χ3n) is 9.11. The monoisotopic (exact) mass is 767 g/mol. The molecule has 53 heavy (non-hydrogen) atoms. The third kappa shape index (κ3) is 42.6. The summed E-state index contributed by atoms with van der Waals surface area (Å²) in [5, 5.41) is 0. The molecule has 9 heteroatoms. The molecule has 1 atom stereocenters. The molecule has 2 N–H and O–H groups in total. The standard InChI is InChI=1S/C44H79O8P/c1-3-5-7-9-11-13-15-17-19-21-23-24-26-28-30-32-34-36-38-43(45)50-40-42(41-51-53(47,48)49)52-44(46)39-37-35-33-31-29-27-25-22-20-18-16-14-12-10-8-6-4-2/h6,8,12,14,18,20,25,27,42H,3-5,7,9-11,13,15-17,19,21-24,26,28-41H2,1-2H3,(H2,47,48,49)/b8-6-,14-12-,20-18-,27-25-. The quantitative estimate of drug-likeness (QED) is 0.0275. The van der Waals surface area contributed by atoms with E-state index in [0.717, 1.165) is 70.6 Å². The summed E-state index contributed by atoms with van der Waals surface area (Å²) in [4.78, 5) is 42.9. The van der Waals surface area contributed by atoms with Crippen LogP contribution in [0.5, 0.6) is 0 Å². The van der Waals surface area contributed by atoms with E-state index in [1.807, 2.05) is 0 Å². The van der Waals surface area contributed by atoms with Gasteiger partial charge in [-0.05, 0) is 51.4 Å². The van der Waals surface area contributed by atoms with Crippen LogP contribution < -0.4 is 0 Å². The molecule has 0 saturated heterocycles. The van der Waals surface area contributed by atoms with Crippen molar-refractivity contribution in [3.8, 4) is 0 Å². The zero-order valence-corrected chi connectivity index (χ0v) is 34.8. The van der Waals surface area contributed by atoms with Crippen LogP contribution in [-0.4, -0.2) is 41.0 Å². The molecule has 0 spiro atoms. The highest BCUT2D eigenvalue weighted by Gasteiger charge is 2.22. The van der Waals surface area contributed by atoms with E-state index in [0.29, 0.717) is 6.42 Å². The molecule has 0 aliphatic heterocycles. The van der Waals surface area contributed by atoms with Crippen LogP contribution in [0.2, 0.25) is 0 Å². The molecule has 0 radical (unpaired) electrons. The van der Waals surface area contributed by atoms with E-state index < -0.39 is 32.5 Å². The molecule has 0 aliphatic rings. The van der Waals surface area contributed by atoms with Crippen molar-refractivity contribution in [1.82, 2.24) is 0 Å². The summed E-state index contributed by atoms with van der Waals surface area (Å²) in [5.74, 6) is -0.908. The van der Waals surface area contributed by atoms with E-state index in [1.54, 1.807) is 0 Å². The minimum absolute atomic E-state index is 0.184. The number of ether oxygens (including phenoxy) is 2. The number of unbranched alkanes of at least 4 members (excludes halogenated alkanes) is 21. The van der Waals surface area contributed by atoms with Gasteiger partial charge in [-0.15, -0.1) is 0 Å². The summed E-state index contributed by atoms with van der Waals surface area (Å²) in [6.45, 7) is 3.57. The first kappa shape index (κ1) is 51.0. The predicted octanol–water partition coefficient (Wildman–Crippen LogP) is 13.1. The summed E-state index contributed by atoms with van der Waals surface area (Å²) in [5.41, 5.74) is 0. The molecule has 8 nitrogen and oxygen atoms in total. The number of phosphoric acid groups is 1. The molecular weight excluding hydrogens is 687 g/mol. The Morgan fingerprint density at radius 2 is 0.906 bits per heavy atom. The lowest BCUT2D eigenvalue weighted by Gasteiger charge is -2.18. The van der Waals surface area contributed by atoms with Crippen molar-refractivity contribution < 1.29 is 37.9 Å². The van der Waals surface area contributed by atoms with Crippen LogP contribution in [0.15, 0.2) is 48.6 Å². The molecule has 0 aromatic rings. The lowest BCUT2D eigenvalue weighted by atomic mass is 10.0. The Balaban J connectivity index is 3.93. The van der Waals surface area contributed by atoms with Crippen molar-refractivity contribution in [3.63, 3.8) is 0 Å². The smallest absolute Gasteiger partial charge is 0.462 e. The normalized spacial score (nSPS) is 12.9. The van der Waals surface area contributed by atoms with Crippen molar-refractivity contribution in [3.05, 3.63) is 48.6 Å². The summed E-state index contributed by atoms with van der Waals surface area (Å²) in [6.07, 6.45) is 48.3. The Morgan fingerprint density at radius 1 is 0.509 bits per heavy atom. The Kier molecular flexibility index (Phi) is 38.2. The molecule has 0 bridgehead atoms. The lowest BCUT2D eigenvalue weighted by molar-refractivity contribution is -0.161. The molecule has 308 valence electrons. The highest BCUT2D eigenvalue weighted by Crippen LogP contribution is 2.36. The van der Waals surface area contributed by atoms with Crippen molar-refractivity contribution in [2.75, 3.05) is 13.2 Å². The zero-order chi connectivity index (χ0) is 38.9. The van der Waals surface area contributed by atoms with Gasteiger partial charge < -0.3 is 19.3 Å². The lowest BCUT2D eigenvalue weighted by Crippen LogP contribution is -2.29. The minimum Gasteiger partial charge on any atom is -0.462 e. The second-order valence-corrected chi connectivity index (χ2v) is 15.5. The highest BCUT2D eigenvalue weighted by atomic mass is 31.2. The summed E-state index contributed by atoms with van der Waals surface area (Å²) >= 11 is 0. The van der Waals surface area contributed by atoms with Gasteiger partial charge >= 0.3 is 19.8 Å². The van der Waals surface area contributed by atoms with Crippen molar-refractivity contribution >= 4 is 19.8 Å². The van der Waals surface area contributed by atoms with Crippen LogP contribution in [0, 0.1) is 0 Å². The number of rotatable bonds is 39. The first-order valence-electron chi connectivity index (χ1n) is 21.4. The van der Waals surface area contributed by atoms with Gasteiger partial charge in [-0.2, -0.15) is 0 Å². The van der Waals surface area contributed by atoms with Gasteiger partial charge in [0.05, 0.1) is 6.61 Å². The second kappa shape index (κ2) is 39.7. The Labute approximate surface area is 324 Å². The molecule has 1 unspecified atom stereocenters. The van der Waals surface area contributed by atoms with Gasteiger partial charge in [-0.25, -0.2) is 4.57 Å². The van der Waals surface area contributed by atoms with Crippen LogP contribution in [0.25, 0.3) is 0 Å². The molecule has 0 saturated carbocycles. The average molecular weight is 767 g/mol. The van der Waals surface area contributed by atoms with Crippen LogP contribution in [0.3, 0.4) is 0 Å². The van der Waals surface area contributed by atoms with Gasteiger partial charge in [-0.1, -0.05) is 184 Å². The second-order valence-electron chi connectivity index (χ2n) is 14.3. The highest BCUT2D eigenvalue weighted by molar-refractivity contribution is 7.46. The van der Waals surface area contributed by atoms with E-state index in [-0.39, 0.29) is 19.4 Å². The molecule has 0 aliphatic carbocycles. The molecule has 0 aromatic carbocycles. The van der Waals surface area contributed by atoms with Gasteiger partial charge in [0.1, 0.15) is 6.61 Å². The number of esters is 2. The number of hydrogen-bond acceptors (Lipinski definition) is 6. The van der Waals surface area contributed by atoms with Crippen LogP contribution in [0.4, 0.5) is 0 Å². The first-order valence-corrected chi connectivity index (χ1v) is 23.0. The van der Waals surface area contributed by atoms with E-state index >= 15 is 0 Å². The molecule has 0 heterocycles. The Hall–Kier alpha value is -1.99. The van der Waals surface area contributed by atoms with Gasteiger partial charge in [-0.3, -0.25) is 14.1 Å². The fraction of sp³-hybridized carbons (Fsp3) is 0.773. The molecule has 0 amide bonds. The average Bonchev–Trinajstić information content (AvgIpc) is 3.13. The van der Waals surface area contributed by atoms with Crippen molar-refractivity contribution in [1.29, 1.82) is 0 Å². The largest absolute Gasteiger partial charge is 0.469 e. The fourth-order valence-corrected chi connectivity index (χ4v) is 6.31. The topological polar surface area (TPSA) is 119 Å². The van der Waals surface area contributed by atoms with Crippen molar-refractivity contribution in [2.45, 2.75) is 206 Å². The molecule has 0 aromatic heterocycles. The van der Waals surface area contributed by atoms with Gasteiger partial charge in [0, 0.05) is 12.8 Å². The fourth-order valence-electron chi connectivity index (χ4n) is 5.95. The number of allylic oxidation sites excluding steroid dienone is 8. The Bertz CT molecular complexity index is 999. The number of hydrogen-bond donors (Lipinski definition) is 2. The third-order valence-corrected chi connectivity index (χ3v) is 9.60. The summed E-state index contributed by atoms with van der Waals surface area (Å²) < 4.78 is 26.4. The van der Waals surface area contributed by atoms with Gasteiger partial charge in [0.25, 0.3) is 0 Å². The van der Waals surface area contributed by atoms with Crippen LogP contribution in [0.1, 0.15) is 200 Å². The van der Waals surface area contributed by atoms with Crippen LogP contribution >= 0.6 is 7.82 Å². The Morgan fingerprint density at radius 3 is 1.36 bits per heavy atom. The first-order chi connectivity index (χ1) is 25.8. The zero-order valence-electron chi connectivity index (χ0n) is 33.9. The number of carbonyl (C=O) groups excluding carboxylic acids is 2. The maximum Gasteiger partial charge on any atom is 0.469 e. The number of phosphoric ester groups is 1. The predicted molar refractivity (Wildman–Crippen MR) is 221 cm³/mol. The summed E-state index contributed by atoms with van der Waals surface area (Å²) in [6, 6.07) is 0. The van der Waals surface area contributed by atoms with E-state index in [2.05, 4.69) is 67.0 Å². The van der Waals surface area contributed by atoms with Gasteiger partial charge in [0.15, 0.2) is 6.10 Å². The molecular formula is C44H79O8P. The summed E-state index contributed by atoms with van der Waals surface area (Å²) in [7, 11) is -4.76.